The highest BCUT2D eigenvalue weighted by Gasteiger charge is 2.51. The van der Waals surface area contributed by atoms with Crippen molar-refractivity contribution in [2.45, 2.75) is 57.4 Å². The summed E-state index contributed by atoms with van der Waals surface area (Å²) in [6, 6.07) is 12.7. The highest BCUT2D eigenvalue weighted by molar-refractivity contribution is 6.33. The molecule has 1 aromatic heterocycles. The van der Waals surface area contributed by atoms with E-state index in [2.05, 4.69) is 28.6 Å². The number of benzene rings is 2. The Hall–Kier alpha value is -2.53. The fourth-order valence-electron chi connectivity index (χ4n) is 7.19. The minimum Gasteiger partial charge on any atom is -0.465 e. The summed E-state index contributed by atoms with van der Waals surface area (Å²) in [7, 11) is 0. The molecular weight excluding hydrogens is 434 g/mol. The molecule has 0 atom stereocenters. The summed E-state index contributed by atoms with van der Waals surface area (Å²) in [5.41, 5.74) is 4.55. The van der Waals surface area contributed by atoms with Gasteiger partial charge in [-0.05, 0) is 105 Å². The van der Waals surface area contributed by atoms with Gasteiger partial charge in [0.1, 0.15) is 6.54 Å². The van der Waals surface area contributed by atoms with Gasteiger partial charge in [0.15, 0.2) is 0 Å². The molecule has 7 rings (SSSR count). The van der Waals surface area contributed by atoms with Crippen LogP contribution in [0.5, 0.6) is 0 Å². The SMILES string of the molecule is CCOC(=O)Cn1ncc2cc(Nc3ccc(C45CC6CC(CC(C6)C4)C5)cc3Cl)ccc21. The predicted octanol–water partition coefficient (Wildman–Crippen LogP) is 6.46. The Kier molecular flexibility index (Phi) is 5.13. The number of nitrogens with one attached hydrogen (secondary N) is 1. The Bertz CT molecular complexity index is 1180. The summed E-state index contributed by atoms with van der Waals surface area (Å²) >= 11 is 6.80. The van der Waals surface area contributed by atoms with E-state index in [-0.39, 0.29) is 12.5 Å². The Morgan fingerprint density at radius 2 is 1.85 bits per heavy atom. The number of ether oxygens (including phenoxy) is 1. The van der Waals surface area contributed by atoms with Crippen LogP contribution in [0.25, 0.3) is 10.9 Å². The summed E-state index contributed by atoms with van der Waals surface area (Å²) in [5.74, 6) is 2.48. The molecule has 0 aliphatic heterocycles. The second-order valence-electron chi connectivity index (χ2n) is 10.4. The molecule has 1 heterocycles. The Balaban J connectivity index is 1.21. The average molecular weight is 464 g/mol. The maximum atomic E-state index is 11.8. The van der Waals surface area contributed by atoms with Crippen molar-refractivity contribution < 1.29 is 9.53 Å². The van der Waals surface area contributed by atoms with Crippen LogP contribution in [0.15, 0.2) is 42.6 Å². The van der Waals surface area contributed by atoms with Crippen molar-refractivity contribution in [1.82, 2.24) is 9.78 Å². The van der Waals surface area contributed by atoms with E-state index >= 15 is 0 Å². The third kappa shape index (κ3) is 3.80. The Morgan fingerprint density at radius 3 is 2.52 bits per heavy atom. The number of rotatable bonds is 6. The molecule has 0 saturated heterocycles. The molecule has 4 aliphatic carbocycles. The van der Waals surface area contributed by atoms with Gasteiger partial charge in [-0.3, -0.25) is 9.48 Å². The van der Waals surface area contributed by atoms with Crippen LogP contribution < -0.4 is 5.32 Å². The molecule has 1 N–H and O–H groups in total. The minimum absolute atomic E-state index is 0.113. The fraction of sp³-hybridized carbons (Fsp3) is 0.481. The highest BCUT2D eigenvalue weighted by atomic mass is 35.5. The number of hydrogen-bond donors (Lipinski definition) is 1. The first-order valence-corrected chi connectivity index (χ1v) is 12.6. The van der Waals surface area contributed by atoms with Crippen molar-refractivity contribution >= 4 is 39.8 Å². The molecule has 4 saturated carbocycles. The van der Waals surface area contributed by atoms with Crippen LogP contribution in [-0.2, 0) is 21.5 Å². The van der Waals surface area contributed by atoms with E-state index < -0.39 is 0 Å². The van der Waals surface area contributed by atoms with Gasteiger partial charge in [0.2, 0.25) is 0 Å². The maximum absolute atomic E-state index is 11.8. The van der Waals surface area contributed by atoms with Gasteiger partial charge in [-0.25, -0.2) is 0 Å². The number of esters is 1. The van der Waals surface area contributed by atoms with Gasteiger partial charge in [0, 0.05) is 11.1 Å². The first kappa shape index (κ1) is 21.0. The summed E-state index contributed by atoms with van der Waals surface area (Å²) in [6.45, 7) is 2.29. The van der Waals surface area contributed by atoms with Crippen LogP contribution in [0.1, 0.15) is 51.0 Å². The number of fused-ring (bicyclic) bond motifs is 1. The lowest BCUT2D eigenvalue weighted by Gasteiger charge is -2.57. The predicted molar refractivity (Wildman–Crippen MR) is 131 cm³/mol. The van der Waals surface area contributed by atoms with Gasteiger partial charge in [-0.2, -0.15) is 5.10 Å². The number of halogens is 1. The number of aromatic nitrogens is 2. The average Bonchev–Trinajstić information content (AvgIpc) is 3.16. The minimum atomic E-state index is -0.282. The zero-order chi connectivity index (χ0) is 22.6. The summed E-state index contributed by atoms with van der Waals surface area (Å²) < 4.78 is 6.71. The molecule has 0 spiro atoms. The van der Waals surface area contributed by atoms with Crippen molar-refractivity contribution in [3.8, 4) is 0 Å². The van der Waals surface area contributed by atoms with Gasteiger partial charge >= 0.3 is 5.97 Å². The Labute approximate surface area is 199 Å². The smallest absolute Gasteiger partial charge is 0.327 e. The van der Waals surface area contributed by atoms with E-state index in [0.717, 1.165) is 45.1 Å². The molecule has 0 unspecified atom stereocenters. The second-order valence-corrected chi connectivity index (χ2v) is 10.8. The molecule has 5 nitrogen and oxygen atoms in total. The van der Waals surface area contributed by atoms with Crippen LogP contribution in [0.4, 0.5) is 11.4 Å². The van der Waals surface area contributed by atoms with E-state index in [1.165, 1.54) is 44.1 Å². The van der Waals surface area contributed by atoms with Crippen LogP contribution in [0.3, 0.4) is 0 Å². The van der Waals surface area contributed by atoms with Crippen molar-refractivity contribution in [3.63, 3.8) is 0 Å². The van der Waals surface area contributed by atoms with Crippen molar-refractivity contribution in [1.29, 1.82) is 0 Å². The van der Waals surface area contributed by atoms with Gasteiger partial charge in [-0.15, -0.1) is 0 Å². The van der Waals surface area contributed by atoms with Crippen LogP contribution in [0, 0.1) is 17.8 Å². The lowest BCUT2D eigenvalue weighted by atomic mass is 9.48. The number of carbonyl (C=O) groups is 1. The van der Waals surface area contributed by atoms with Gasteiger partial charge in [0.05, 0.1) is 29.0 Å². The largest absolute Gasteiger partial charge is 0.465 e. The van der Waals surface area contributed by atoms with E-state index in [1.807, 2.05) is 18.2 Å². The highest BCUT2D eigenvalue weighted by Crippen LogP contribution is 2.61. The zero-order valence-electron chi connectivity index (χ0n) is 19.0. The van der Waals surface area contributed by atoms with Gasteiger partial charge < -0.3 is 10.1 Å². The number of hydrogen-bond acceptors (Lipinski definition) is 4. The molecule has 33 heavy (non-hydrogen) atoms. The molecule has 2 aromatic carbocycles. The van der Waals surface area contributed by atoms with Crippen LogP contribution in [-0.4, -0.2) is 22.4 Å². The van der Waals surface area contributed by atoms with Crippen LogP contribution >= 0.6 is 11.6 Å². The second kappa shape index (κ2) is 8.05. The third-order valence-electron chi connectivity index (χ3n) is 8.12. The molecular formula is C27H30ClN3O2. The summed E-state index contributed by atoms with van der Waals surface area (Å²) in [5, 5.41) is 9.56. The lowest BCUT2D eigenvalue weighted by molar-refractivity contribution is -0.143. The molecule has 6 heteroatoms. The van der Waals surface area contributed by atoms with Crippen molar-refractivity contribution in [3.05, 3.63) is 53.2 Å². The molecule has 3 aromatic rings. The first-order valence-electron chi connectivity index (χ1n) is 12.2. The molecule has 4 fully saturated rings. The van der Waals surface area contributed by atoms with Crippen molar-refractivity contribution in [2.24, 2.45) is 17.8 Å². The Morgan fingerprint density at radius 1 is 1.12 bits per heavy atom. The molecule has 4 aliphatic rings. The zero-order valence-corrected chi connectivity index (χ0v) is 19.8. The standard InChI is InChI=1S/C27H30ClN3O2/c1-2-33-26(32)16-31-25-6-4-22(10-20(25)15-29-31)30-24-5-3-21(11-23(24)28)27-12-17-7-18(13-27)9-19(8-17)14-27/h3-6,10-11,15,17-19,30H,2,7-9,12-14,16H2,1H3. The molecule has 0 amide bonds. The normalized spacial score (nSPS) is 27.8. The number of carbonyl (C=O) groups excluding carboxylic acids is 1. The quantitative estimate of drug-likeness (QED) is 0.426. The summed E-state index contributed by atoms with van der Waals surface area (Å²) in [6.07, 6.45) is 10.2. The fourth-order valence-corrected chi connectivity index (χ4v) is 7.41. The van der Waals surface area contributed by atoms with E-state index in [0.29, 0.717) is 12.0 Å². The number of nitrogens with zero attached hydrogens (tertiary/aromatic N) is 2. The van der Waals surface area contributed by atoms with Crippen molar-refractivity contribution in [2.75, 3.05) is 11.9 Å². The molecule has 4 bridgehead atoms. The van der Waals surface area contributed by atoms with Gasteiger partial charge in [-0.1, -0.05) is 17.7 Å². The van der Waals surface area contributed by atoms with E-state index in [9.17, 15) is 4.79 Å². The monoisotopic (exact) mass is 463 g/mol. The van der Waals surface area contributed by atoms with Crippen LogP contribution in [0.2, 0.25) is 5.02 Å². The molecule has 172 valence electrons. The first-order chi connectivity index (χ1) is 16.0. The summed E-state index contributed by atoms with van der Waals surface area (Å²) in [4.78, 5) is 11.8. The van der Waals surface area contributed by atoms with Gasteiger partial charge in [0.25, 0.3) is 0 Å². The van der Waals surface area contributed by atoms with E-state index in [4.69, 9.17) is 16.3 Å². The third-order valence-corrected chi connectivity index (χ3v) is 8.44. The lowest BCUT2D eigenvalue weighted by Crippen LogP contribution is -2.48. The maximum Gasteiger partial charge on any atom is 0.327 e. The topological polar surface area (TPSA) is 56.2 Å². The molecule has 0 radical (unpaired) electrons. The van der Waals surface area contributed by atoms with E-state index in [1.54, 1.807) is 17.8 Å². The number of anilines is 2.